The van der Waals surface area contributed by atoms with Crippen LogP contribution in [0.5, 0.6) is 0 Å². The number of anilines is 1. The van der Waals surface area contributed by atoms with Gasteiger partial charge in [0.1, 0.15) is 5.03 Å². The van der Waals surface area contributed by atoms with Crippen LogP contribution in [0.15, 0.2) is 41.8 Å². The number of aromatic nitrogens is 3. The van der Waals surface area contributed by atoms with Crippen molar-refractivity contribution in [3.05, 3.63) is 47.9 Å². The molecule has 5 heterocycles. The zero-order valence-electron chi connectivity index (χ0n) is 20.0. The molecule has 190 valence electrons. The normalized spacial score (nSPS) is 21.9. The molecule has 0 aromatic carbocycles. The van der Waals surface area contributed by atoms with Crippen molar-refractivity contribution in [1.29, 1.82) is 0 Å². The number of halogens is 3. The summed E-state index contributed by atoms with van der Waals surface area (Å²) in [4.78, 5) is 14.6. The molecule has 2 aliphatic rings. The molecule has 2 fully saturated rings. The highest BCUT2D eigenvalue weighted by Gasteiger charge is 2.40. The highest BCUT2D eigenvalue weighted by atomic mass is 32.2. The van der Waals surface area contributed by atoms with E-state index >= 15 is 0 Å². The molecule has 3 aromatic rings. The van der Waals surface area contributed by atoms with Crippen LogP contribution in [0.2, 0.25) is 0 Å². The number of hydrogen-bond donors (Lipinski definition) is 2. The van der Waals surface area contributed by atoms with Crippen molar-refractivity contribution < 1.29 is 18.0 Å². The monoisotopic (exact) mass is 516 g/mol. The topological polar surface area (TPSA) is 66.6 Å². The Morgan fingerprint density at radius 2 is 2.06 bits per heavy atom. The Kier molecular flexibility index (Phi) is 6.66. The number of rotatable bonds is 5. The first-order valence-electron chi connectivity index (χ1n) is 11.8. The van der Waals surface area contributed by atoms with Crippen molar-refractivity contribution in [1.82, 2.24) is 24.4 Å². The van der Waals surface area contributed by atoms with E-state index in [0.29, 0.717) is 23.2 Å². The van der Waals surface area contributed by atoms with Crippen LogP contribution in [0.25, 0.3) is 5.52 Å². The predicted molar refractivity (Wildman–Crippen MR) is 133 cm³/mol. The van der Waals surface area contributed by atoms with E-state index in [2.05, 4.69) is 39.5 Å². The lowest BCUT2D eigenvalue weighted by Gasteiger charge is -2.38. The van der Waals surface area contributed by atoms with E-state index in [1.807, 2.05) is 6.07 Å². The standard InChI is InChI=1S/C25H27F3N6OS/c1-32-15-17(14-30-32)23(35)29-11-3-5-16-13-22-19(6-4-12-34(22)24(16)36-25(26,27)28)31-20-9-7-18-8-10-21(20)33(18)2/h4,6,12-15,18,20-21,31H,7-11H2,1-2H3,(H,29,35)/t18-,20-,21-/m1/s1. The molecule has 0 spiro atoms. The molecule has 2 aliphatic heterocycles. The van der Waals surface area contributed by atoms with Gasteiger partial charge in [0.2, 0.25) is 0 Å². The summed E-state index contributed by atoms with van der Waals surface area (Å²) in [5.74, 6) is 5.29. The van der Waals surface area contributed by atoms with E-state index in [0.717, 1.165) is 24.9 Å². The fourth-order valence-corrected chi connectivity index (χ4v) is 6.01. The van der Waals surface area contributed by atoms with Crippen molar-refractivity contribution >= 4 is 28.9 Å². The maximum absolute atomic E-state index is 13.4. The average molecular weight is 517 g/mol. The Morgan fingerprint density at radius 1 is 1.25 bits per heavy atom. The van der Waals surface area contributed by atoms with Crippen molar-refractivity contribution in [2.75, 3.05) is 18.9 Å². The number of aryl methyl sites for hydroxylation is 1. The van der Waals surface area contributed by atoms with Crippen LogP contribution in [0, 0.1) is 11.8 Å². The van der Waals surface area contributed by atoms with Gasteiger partial charge >= 0.3 is 5.51 Å². The molecule has 0 aliphatic carbocycles. The van der Waals surface area contributed by atoms with Gasteiger partial charge in [-0.1, -0.05) is 11.8 Å². The Morgan fingerprint density at radius 3 is 2.81 bits per heavy atom. The lowest BCUT2D eigenvalue weighted by Crippen LogP contribution is -2.48. The van der Waals surface area contributed by atoms with E-state index in [9.17, 15) is 18.0 Å². The molecule has 2 N–H and O–H groups in total. The molecule has 7 nitrogen and oxygen atoms in total. The predicted octanol–water partition coefficient (Wildman–Crippen LogP) is 4.10. The lowest BCUT2D eigenvalue weighted by molar-refractivity contribution is -0.0329. The van der Waals surface area contributed by atoms with Crippen LogP contribution in [-0.4, -0.2) is 62.2 Å². The highest BCUT2D eigenvalue weighted by Crippen LogP contribution is 2.41. The van der Waals surface area contributed by atoms with Gasteiger partial charge in [0.25, 0.3) is 5.91 Å². The van der Waals surface area contributed by atoms with Crippen LogP contribution < -0.4 is 10.6 Å². The van der Waals surface area contributed by atoms with Gasteiger partial charge in [0.05, 0.1) is 35.1 Å². The van der Waals surface area contributed by atoms with E-state index in [1.54, 1.807) is 36.0 Å². The summed E-state index contributed by atoms with van der Waals surface area (Å²) >= 11 is -0.180. The lowest BCUT2D eigenvalue weighted by atomic mass is 9.97. The quantitative estimate of drug-likeness (QED) is 0.395. The highest BCUT2D eigenvalue weighted by molar-refractivity contribution is 8.00. The molecule has 0 unspecified atom stereocenters. The molecule has 3 atom stereocenters. The number of nitrogens with one attached hydrogen (secondary N) is 2. The number of amides is 1. The van der Waals surface area contributed by atoms with Gasteiger partial charge in [-0.25, -0.2) is 0 Å². The van der Waals surface area contributed by atoms with E-state index in [-0.39, 0.29) is 40.8 Å². The third-order valence-electron chi connectivity index (χ3n) is 7.01. The second kappa shape index (κ2) is 9.75. The maximum Gasteiger partial charge on any atom is 0.447 e. The zero-order valence-corrected chi connectivity index (χ0v) is 20.8. The summed E-state index contributed by atoms with van der Waals surface area (Å²) in [5.41, 5.74) is -2.36. The van der Waals surface area contributed by atoms with Crippen molar-refractivity contribution in [2.45, 2.75) is 54.3 Å². The van der Waals surface area contributed by atoms with Crippen molar-refractivity contribution in [3.63, 3.8) is 0 Å². The van der Waals surface area contributed by atoms with E-state index in [1.165, 1.54) is 17.3 Å². The van der Waals surface area contributed by atoms with Gasteiger partial charge < -0.3 is 15.0 Å². The summed E-state index contributed by atoms with van der Waals surface area (Å²) in [7, 11) is 3.86. The number of fused-ring (bicyclic) bond motifs is 3. The number of nitrogens with zero attached hydrogens (tertiary/aromatic N) is 4. The van der Waals surface area contributed by atoms with Gasteiger partial charge in [0.15, 0.2) is 0 Å². The summed E-state index contributed by atoms with van der Waals surface area (Å²) in [6.07, 6.45) is 9.11. The summed E-state index contributed by atoms with van der Waals surface area (Å²) in [6.45, 7) is -0.00158. The molecule has 2 bridgehead atoms. The van der Waals surface area contributed by atoms with Gasteiger partial charge in [-0.2, -0.15) is 18.3 Å². The SMILES string of the molecule is CN1[C@H]2CC[C@@H]1[C@H](Nc1cccn3c(SC(F)(F)F)c(C#CCNC(=O)c4cnn(C)c4)cc13)CC2. The summed E-state index contributed by atoms with van der Waals surface area (Å²) in [5, 5.41) is 10.2. The minimum atomic E-state index is -4.46. The molecule has 5 rings (SSSR count). The largest absolute Gasteiger partial charge is 0.447 e. The third-order valence-corrected chi connectivity index (χ3v) is 7.86. The Labute approximate surface area is 211 Å². The van der Waals surface area contributed by atoms with Gasteiger partial charge in [-0.05, 0) is 50.9 Å². The van der Waals surface area contributed by atoms with Crippen molar-refractivity contribution in [2.24, 2.45) is 7.05 Å². The molecular weight excluding hydrogens is 489 g/mol. The second-order valence-corrected chi connectivity index (χ2v) is 10.3. The summed E-state index contributed by atoms with van der Waals surface area (Å²) in [6, 6.07) is 6.65. The molecule has 36 heavy (non-hydrogen) atoms. The smallest absolute Gasteiger partial charge is 0.379 e. The third kappa shape index (κ3) is 5.06. The molecule has 2 saturated heterocycles. The number of carbonyl (C=O) groups excluding carboxylic acids is 1. The Hall–Kier alpha value is -3.10. The number of carbonyl (C=O) groups is 1. The van der Waals surface area contributed by atoms with Gasteiger partial charge in [0, 0.05) is 49.3 Å². The van der Waals surface area contributed by atoms with Crippen LogP contribution in [0.1, 0.15) is 41.6 Å². The maximum atomic E-state index is 13.4. The molecule has 1 amide bonds. The molecular formula is C25H27F3N6OS. The van der Waals surface area contributed by atoms with Crippen LogP contribution in [0.4, 0.5) is 18.9 Å². The number of hydrogen-bond acceptors (Lipinski definition) is 5. The first-order valence-corrected chi connectivity index (χ1v) is 12.7. The number of piperidine rings is 1. The fraction of sp³-hybridized carbons (Fsp3) is 0.440. The van der Waals surface area contributed by atoms with Crippen LogP contribution in [-0.2, 0) is 7.05 Å². The van der Waals surface area contributed by atoms with Gasteiger partial charge in [-0.15, -0.1) is 0 Å². The number of thioether (sulfide) groups is 1. The van der Waals surface area contributed by atoms with E-state index < -0.39 is 5.51 Å². The molecule has 0 saturated carbocycles. The average Bonchev–Trinajstić information content (AvgIpc) is 3.46. The van der Waals surface area contributed by atoms with E-state index in [4.69, 9.17) is 0 Å². The Bertz CT molecular complexity index is 1340. The minimum Gasteiger partial charge on any atom is -0.379 e. The summed E-state index contributed by atoms with van der Waals surface area (Å²) < 4.78 is 43.4. The number of likely N-dealkylation sites (N-methyl/N-ethyl adjacent to an activating group) is 1. The Balaban J connectivity index is 1.40. The van der Waals surface area contributed by atoms with Crippen molar-refractivity contribution in [3.8, 4) is 11.8 Å². The first-order chi connectivity index (χ1) is 17.2. The van der Waals surface area contributed by atoms with Crippen LogP contribution >= 0.6 is 11.8 Å². The molecule has 0 radical (unpaired) electrons. The molecule has 11 heteroatoms. The number of pyridine rings is 1. The zero-order chi connectivity index (χ0) is 25.4. The second-order valence-electron chi connectivity index (χ2n) is 9.27. The minimum absolute atomic E-state index is 0.00158. The first kappa shape index (κ1) is 24.6. The number of alkyl halides is 3. The molecule has 3 aromatic heterocycles. The fourth-order valence-electron chi connectivity index (χ4n) is 5.31. The van der Waals surface area contributed by atoms with Gasteiger partial charge in [-0.3, -0.25) is 14.4 Å². The van der Waals surface area contributed by atoms with Crippen LogP contribution in [0.3, 0.4) is 0 Å².